The summed E-state index contributed by atoms with van der Waals surface area (Å²) in [6, 6.07) is 0.289. The van der Waals surface area contributed by atoms with Crippen LogP contribution in [0.5, 0.6) is 0 Å². The van der Waals surface area contributed by atoms with E-state index in [1.807, 2.05) is 19.0 Å². The standard InChI is InChI=1S/C14H28N6O/c1-7-8-15-12-16-13(19(4)5)18-14(17-12)20(11(2)3)9-10-21-6/h11H,7-10H2,1-6H3,(H,15,16,17,18). The number of hydrogen-bond donors (Lipinski definition) is 1. The van der Waals surface area contributed by atoms with Crippen LogP contribution in [0.4, 0.5) is 17.8 Å². The molecule has 1 heterocycles. The van der Waals surface area contributed by atoms with E-state index in [2.05, 4.69) is 45.9 Å². The van der Waals surface area contributed by atoms with Gasteiger partial charge in [0.25, 0.3) is 0 Å². The van der Waals surface area contributed by atoms with Gasteiger partial charge in [-0.05, 0) is 20.3 Å². The van der Waals surface area contributed by atoms with Gasteiger partial charge >= 0.3 is 0 Å². The summed E-state index contributed by atoms with van der Waals surface area (Å²) in [6.45, 7) is 8.58. The maximum Gasteiger partial charge on any atom is 0.232 e. The van der Waals surface area contributed by atoms with Crippen molar-refractivity contribution in [3.8, 4) is 0 Å². The van der Waals surface area contributed by atoms with Gasteiger partial charge in [-0.2, -0.15) is 15.0 Å². The van der Waals surface area contributed by atoms with E-state index in [9.17, 15) is 0 Å². The number of rotatable bonds is 9. The smallest absolute Gasteiger partial charge is 0.232 e. The highest BCUT2D eigenvalue weighted by molar-refractivity contribution is 5.45. The first kappa shape index (κ1) is 17.4. The van der Waals surface area contributed by atoms with Crippen molar-refractivity contribution in [2.45, 2.75) is 33.2 Å². The highest BCUT2D eigenvalue weighted by atomic mass is 16.5. The zero-order valence-electron chi connectivity index (χ0n) is 14.1. The van der Waals surface area contributed by atoms with E-state index in [4.69, 9.17) is 4.74 Å². The molecule has 1 rings (SSSR count). The number of nitrogens with zero attached hydrogens (tertiary/aromatic N) is 5. The van der Waals surface area contributed by atoms with Gasteiger partial charge in [-0.3, -0.25) is 0 Å². The van der Waals surface area contributed by atoms with Crippen LogP contribution in [0.3, 0.4) is 0 Å². The Morgan fingerprint density at radius 3 is 2.33 bits per heavy atom. The molecule has 1 N–H and O–H groups in total. The van der Waals surface area contributed by atoms with Crippen LogP contribution in [0.15, 0.2) is 0 Å². The molecular formula is C14H28N6O. The van der Waals surface area contributed by atoms with Gasteiger partial charge in [0, 0.05) is 40.3 Å². The van der Waals surface area contributed by atoms with Crippen LogP contribution in [0.25, 0.3) is 0 Å². The van der Waals surface area contributed by atoms with Crippen molar-refractivity contribution in [1.82, 2.24) is 15.0 Å². The van der Waals surface area contributed by atoms with Crippen molar-refractivity contribution in [2.24, 2.45) is 0 Å². The molecule has 21 heavy (non-hydrogen) atoms. The zero-order valence-corrected chi connectivity index (χ0v) is 14.1. The van der Waals surface area contributed by atoms with E-state index in [0.717, 1.165) is 19.5 Å². The highest BCUT2D eigenvalue weighted by Gasteiger charge is 2.17. The molecule has 0 saturated carbocycles. The topological polar surface area (TPSA) is 66.4 Å². The Morgan fingerprint density at radius 1 is 1.14 bits per heavy atom. The Labute approximate surface area is 127 Å². The maximum absolute atomic E-state index is 5.18. The lowest BCUT2D eigenvalue weighted by Crippen LogP contribution is -2.36. The minimum absolute atomic E-state index is 0.289. The van der Waals surface area contributed by atoms with Crippen LogP contribution in [0, 0.1) is 0 Å². The van der Waals surface area contributed by atoms with Crippen LogP contribution in [-0.2, 0) is 4.74 Å². The van der Waals surface area contributed by atoms with Crippen molar-refractivity contribution in [3.63, 3.8) is 0 Å². The summed E-state index contributed by atoms with van der Waals surface area (Å²) in [7, 11) is 5.56. The molecule has 0 atom stereocenters. The lowest BCUT2D eigenvalue weighted by Gasteiger charge is -2.27. The first-order valence-corrected chi connectivity index (χ1v) is 7.42. The fourth-order valence-electron chi connectivity index (χ4n) is 1.78. The summed E-state index contributed by atoms with van der Waals surface area (Å²) < 4.78 is 5.18. The number of ether oxygens (including phenoxy) is 1. The molecule has 0 amide bonds. The molecule has 120 valence electrons. The molecule has 0 aliphatic heterocycles. The van der Waals surface area contributed by atoms with Crippen molar-refractivity contribution < 1.29 is 4.74 Å². The van der Waals surface area contributed by atoms with E-state index in [0.29, 0.717) is 24.5 Å². The van der Waals surface area contributed by atoms with Gasteiger partial charge in [-0.15, -0.1) is 0 Å². The molecule has 0 spiro atoms. The average Bonchev–Trinajstić information content (AvgIpc) is 2.45. The monoisotopic (exact) mass is 296 g/mol. The van der Waals surface area contributed by atoms with E-state index in [1.54, 1.807) is 7.11 Å². The third-order valence-electron chi connectivity index (χ3n) is 2.96. The second kappa shape index (κ2) is 8.61. The van der Waals surface area contributed by atoms with Gasteiger partial charge in [0.05, 0.1) is 6.61 Å². The summed E-state index contributed by atoms with van der Waals surface area (Å²) in [5.41, 5.74) is 0. The van der Waals surface area contributed by atoms with Gasteiger partial charge in [-0.25, -0.2) is 0 Å². The predicted octanol–water partition coefficient (Wildman–Crippen LogP) is 1.62. The molecule has 0 unspecified atom stereocenters. The molecule has 0 radical (unpaired) electrons. The normalized spacial score (nSPS) is 10.8. The summed E-state index contributed by atoms with van der Waals surface area (Å²) in [6.07, 6.45) is 1.02. The SMILES string of the molecule is CCCNc1nc(N(C)C)nc(N(CCOC)C(C)C)n1. The highest BCUT2D eigenvalue weighted by Crippen LogP contribution is 2.17. The Bertz CT molecular complexity index is 424. The molecule has 0 aliphatic rings. The Morgan fingerprint density at radius 2 is 1.81 bits per heavy atom. The molecule has 1 aromatic heterocycles. The Kier molecular flexibility index (Phi) is 7.14. The quantitative estimate of drug-likeness (QED) is 0.742. The summed E-state index contributed by atoms with van der Waals surface area (Å²) >= 11 is 0. The number of hydrogen-bond acceptors (Lipinski definition) is 7. The molecule has 0 fully saturated rings. The van der Waals surface area contributed by atoms with E-state index >= 15 is 0 Å². The molecule has 0 aliphatic carbocycles. The number of nitrogens with one attached hydrogen (secondary N) is 1. The second-order valence-electron chi connectivity index (χ2n) is 5.36. The van der Waals surface area contributed by atoms with Gasteiger partial charge in [-0.1, -0.05) is 6.92 Å². The second-order valence-corrected chi connectivity index (χ2v) is 5.36. The first-order valence-electron chi connectivity index (χ1n) is 7.42. The molecule has 1 aromatic rings. The minimum Gasteiger partial charge on any atom is -0.383 e. The average molecular weight is 296 g/mol. The van der Waals surface area contributed by atoms with Crippen molar-refractivity contribution in [2.75, 3.05) is 56.0 Å². The minimum atomic E-state index is 0.289. The van der Waals surface area contributed by atoms with E-state index < -0.39 is 0 Å². The summed E-state index contributed by atoms with van der Waals surface area (Å²) in [5, 5.41) is 3.23. The zero-order chi connectivity index (χ0) is 15.8. The van der Waals surface area contributed by atoms with E-state index in [1.165, 1.54) is 0 Å². The van der Waals surface area contributed by atoms with Crippen molar-refractivity contribution in [3.05, 3.63) is 0 Å². The van der Waals surface area contributed by atoms with Crippen molar-refractivity contribution >= 4 is 17.8 Å². The molecular weight excluding hydrogens is 268 g/mol. The summed E-state index contributed by atoms with van der Waals surface area (Å²) in [4.78, 5) is 17.5. The van der Waals surface area contributed by atoms with Crippen LogP contribution in [0.2, 0.25) is 0 Å². The van der Waals surface area contributed by atoms with Crippen molar-refractivity contribution in [1.29, 1.82) is 0 Å². The van der Waals surface area contributed by atoms with Crippen LogP contribution < -0.4 is 15.1 Å². The third kappa shape index (κ3) is 5.34. The van der Waals surface area contributed by atoms with Crippen LogP contribution in [-0.4, -0.2) is 61.9 Å². The van der Waals surface area contributed by atoms with Gasteiger partial charge < -0.3 is 19.9 Å². The number of anilines is 3. The van der Waals surface area contributed by atoms with Gasteiger partial charge in [0.15, 0.2) is 0 Å². The van der Waals surface area contributed by atoms with Crippen LogP contribution in [0.1, 0.15) is 27.2 Å². The molecule has 0 saturated heterocycles. The summed E-state index contributed by atoms with van der Waals surface area (Å²) in [5.74, 6) is 1.95. The molecule has 7 nitrogen and oxygen atoms in total. The Hall–Kier alpha value is -1.63. The molecule has 0 aromatic carbocycles. The lowest BCUT2D eigenvalue weighted by atomic mass is 10.3. The largest absolute Gasteiger partial charge is 0.383 e. The fraction of sp³-hybridized carbons (Fsp3) is 0.786. The maximum atomic E-state index is 5.18. The third-order valence-corrected chi connectivity index (χ3v) is 2.96. The molecule has 7 heteroatoms. The predicted molar refractivity (Wildman–Crippen MR) is 87.3 cm³/mol. The number of methoxy groups -OCH3 is 1. The fourth-order valence-corrected chi connectivity index (χ4v) is 1.78. The van der Waals surface area contributed by atoms with Gasteiger partial charge in [0.2, 0.25) is 17.8 Å². The van der Waals surface area contributed by atoms with E-state index in [-0.39, 0.29) is 6.04 Å². The molecule has 0 bridgehead atoms. The first-order chi connectivity index (χ1) is 9.99. The number of aromatic nitrogens is 3. The Balaban J connectivity index is 3.08. The lowest BCUT2D eigenvalue weighted by molar-refractivity contribution is 0.203. The van der Waals surface area contributed by atoms with Crippen LogP contribution >= 0.6 is 0 Å². The van der Waals surface area contributed by atoms with Gasteiger partial charge in [0.1, 0.15) is 0 Å².